The lowest BCUT2D eigenvalue weighted by atomic mass is 10.0. The van der Waals surface area contributed by atoms with Gasteiger partial charge in [-0.3, -0.25) is 4.98 Å². The van der Waals surface area contributed by atoms with Crippen molar-refractivity contribution in [3.05, 3.63) is 104 Å². The number of furan rings is 1. The number of para-hydroxylation sites is 1. The van der Waals surface area contributed by atoms with Gasteiger partial charge in [0.05, 0.1) is 5.69 Å². The number of aromatic amines is 1. The zero-order chi connectivity index (χ0) is 22.4. The van der Waals surface area contributed by atoms with Gasteiger partial charge in [0.1, 0.15) is 11.2 Å². The number of allylic oxidation sites excluding steroid dienone is 1. The molecule has 1 N–H and O–H groups in total. The molecule has 0 fully saturated rings. The average molecular weight is 427 g/mol. The number of benzene rings is 4. The van der Waals surface area contributed by atoms with E-state index < -0.39 is 0 Å². The summed E-state index contributed by atoms with van der Waals surface area (Å²) in [5.41, 5.74) is 6.22. The molecule has 0 saturated heterocycles. The Morgan fingerprint density at radius 1 is 0.758 bits per heavy atom. The largest absolute Gasteiger partial charge is 0.455 e. The van der Waals surface area contributed by atoms with E-state index in [1.807, 2.05) is 43.5 Å². The first kappa shape index (κ1) is 19.3. The van der Waals surface area contributed by atoms with Gasteiger partial charge in [0.2, 0.25) is 0 Å². The van der Waals surface area contributed by atoms with Gasteiger partial charge in [-0.05, 0) is 60.8 Å². The molecule has 4 aromatic carbocycles. The van der Waals surface area contributed by atoms with Gasteiger partial charge in [-0.25, -0.2) is 0 Å². The minimum absolute atomic E-state index is 0.928. The highest BCUT2D eigenvalue weighted by molar-refractivity contribution is 6.20. The topological polar surface area (TPSA) is 41.8 Å². The van der Waals surface area contributed by atoms with Crippen molar-refractivity contribution in [3.8, 4) is 11.3 Å². The molecule has 0 unspecified atom stereocenters. The van der Waals surface area contributed by atoms with Crippen molar-refractivity contribution in [1.82, 2.24) is 9.97 Å². The molecule has 0 saturated carbocycles. The van der Waals surface area contributed by atoms with Gasteiger partial charge in [0, 0.05) is 49.7 Å². The Balaban J connectivity index is 0.000000655. The van der Waals surface area contributed by atoms with E-state index in [1.165, 1.54) is 16.2 Å². The highest BCUT2D eigenvalue weighted by Gasteiger charge is 2.13. The molecule has 0 spiro atoms. The number of H-pyrrole nitrogens is 1. The third kappa shape index (κ3) is 3.09. The van der Waals surface area contributed by atoms with Crippen LogP contribution < -0.4 is 0 Å². The van der Waals surface area contributed by atoms with Crippen molar-refractivity contribution in [1.29, 1.82) is 0 Å². The second-order valence-electron chi connectivity index (χ2n) is 8.17. The Labute approximate surface area is 191 Å². The van der Waals surface area contributed by atoms with Crippen LogP contribution in [0.1, 0.15) is 6.92 Å². The summed E-state index contributed by atoms with van der Waals surface area (Å²) in [6, 6.07) is 29.6. The number of hydrogen-bond donors (Lipinski definition) is 1. The zero-order valence-corrected chi connectivity index (χ0v) is 18.3. The number of rotatable bonds is 1. The van der Waals surface area contributed by atoms with E-state index in [-0.39, 0.29) is 0 Å². The summed E-state index contributed by atoms with van der Waals surface area (Å²) in [5, 5.41) is 7.05. The fraction of sp³-hybridized carbons (Fsp3) is 0.0333. The van der Waals surface area contributed by atoms with Crippen molar-refractivity contribution in [2.24, 2.45) is 0 Å². The minimum atomic E-state index is 0.928. The predicted molar refractivity (Wildman–Crippen MR) is 140 cm³/mol. The van der Waals surface area contributed by atoms with Crippen LogP contribution in [0.3, 0.4) is 0 Å². The molecule has 3 nitrogen and oxygen atoms in total. The molecule has 0 bridgehead atoms. The maximum absolute atomic E-state index is 6.24. The van der Waals surface area contributed by atoms with Crippen LogP contribution in [0.5, 0.6) is 0 Å². The first-order valence-corrected chi connectivity index (χ1v) is 11.0. The first-order chi connectivity index (χ1) is 16.3. The second-order valence-corrected chi connectivity index (χ2v) is 8.17. The molecule has 3 heterocycles. The Kier molecular flexibility index (Phi) is 4.48. The average Bonchev–Trinajstić information content (AvgIpc) is 3.41. The van der Waals surface area contributed by atoms with E-state index in [0.29, 0.717) is 0 Å². The molecule has 0 amide bonds. The van der Waals surface area contributed by atoms with Gasteiger partial charge < -0.3 is 9.40 Å². The molecular weight excluding hydrogens is 404 g/mol. The fourth-order valence-corrected chi connectivity index (χ4v) is 4.60. The minimum Gasteiger partial charge on any atom is -0.455 e. The lowest BCUT2D eigenvalue weighted by Gasteiger charge is -2.02. The van der Waals surface area contributed by atoms with Crippen LogP contribution in [0, 0.1) is 0 Å². The molecule has 7 aromatic rings. The van der Waals surface area contributed by atoms with Gasteiger partial charge in [-0.2, -0.15) is 0 Å². The summed E-state index contributed by atoms with van der Waals surface area (Å²) in [7, 11) is 0. The third-order valence-corrected chi connectivity index (χ3v) is 6.04. The second kappa shape index (κ2) is 7.64. The molecule has 158 valence electrons. The van der Waals surface area contributed by atoms with Crippen LogP contribution in [0.2, 0.25) is 0 Å². The van der Waals surface area contributed by atoms with Crippen molar-refractivity contribution in [2.45, 2.75) is 6.92 Å². The van der Waals surface area contributed by atoms with Crippen molar-refractivity contribution >= 4 is 54.5 Å². The normalized spacial score (nSPS) is 11.3. The van der Waals surface area contributed by atoms with E-state index in [1.54, 1.807) is 6.08 Å². The molecular formula is C30H22N2O. The molecule has 7 rings (SSSR count). The number of pyridine rings is 1. The fourth-order valence-electron chi connectivity index (χ4n) is 4.60. The first-order valence-electron chi connectivity index (χ1n) is 11.0. The molecule has 0 aliphatic heterocycles. The maximum atomic E-state index is 6.24. The summed E-state index contributed by atoms with van der Waals surface area (Å²) in [6.07, 6.45) is 3.58. The van der Waals surface area contributed by atoms with E-state index in [2.05, 4.69) is 71.1 Å². The number of fused-ring (bicyclic) bond motifs is 8. The zero-order valence-electron chi connectivity index (χ0n) is 18.3. The monoisotopic (exact) mass is 426 g/mol. The number of nitrogens with zero attached hydrogens (tertiary/aromatic N) is 1. The van der Waals surface area contributed by atoms with Gasteiger partial charge in [0.15, 0.2) is 0 Å². The highest BCUT2D eigenvalue weighted by Crippen LogP contribution is 2.37. The summed E-state index contributed by atoms with van der Waals surface area (Å²) < 4.78 is 6.24. The van der Waals surface area contributed by atoms with E-state index in [0.717, 1.165) is 49.6 Å². The van der Waals surface area contributed by atoms with E-state index in [4.69, 9.17) is 4.42 Å². The number of nitrogens with one attached hydrogen (secondary N) is 1. The molecule has 3 aromatic heterocycles. The summed E-state index contributed by atoms with van der Waals surface area (Å²) in [4.78, 5) is 8.09. The van der Waals surface area contributed by atoms with Crippen LogP contribution in [0.15, 0.2) is 108 Å². The summed E-state index contributed by atoms with van der Waals surface area (Å²) >= 11 is 0. The molecule has 33 heavy (non-hydrogen) atoms. The quantitative estimate of drug-likeness (QED) is 0.267. The van der Waals surface area contributed by atoms with Crippen molar-refractivity contribution < 1.29 is 4.42 Å². The Morgan fingerprint density at radius 2 is 1.58 bits per heavy atom. The van der Waals surface area contributed by atoms with Crippen LogP contribution in [-0.4, -0.2) is 9.97 Å². The summed E-state index contributed by atoms with van der Waals surface area (Å²) in [5.74, 6) is 0. The lowest BCUT2D eigenvalue weighted by Crippen LogP contribution is -1.81. The Bertz CT molecular complexity index is 1790. The van der Waals surface area contributed by atoms with Crippen LogP contribution in [-0.2, 0) is 0 Å². The number of aromatic nitrogens is 2. The molecule has 3 heteroatoms. The molecule has 0 atom stereocenters. The standard InChI is InChI=1S/C27H16N2O.C3H6/c1-2-7-26-18(5-1)19-10-8-16-13-22-21-14-17(23-6-3-4-12-28-23)9-11-24(21)29-25(22)15-20(16)27(19)30-26;1-3-2/h1-15,29H;3H,1H2,2H3. The van der Waals surface area contributed by atoms with Crippen molar-refractivity contribution in [2.75, 3.05) is 0 Å². The predicted octanol–water partition coefficient (Wildman–Crippen LogP) is 8.63. The van der Waals surface area contributed by atoms with E-state index in [9.17, 15) is 0 Å². The number of hydrogen-bond acceptors (Lipinski definition) is 2. The van der Waals surface area contributed by atoms with Gasteiger partial charge >= 0.3 is 0 Å². The van der Waals surface area contributed by atoms with Crippen LogP contribution in [0.25, 0.3) is 65.8 Å². The van der Waals surface area contributed by atoms with Crippen LogP contribution >= 0.6 is 0 Å². The van der Waals surface area contributed by atoms with Gasteiger partial charge in [0.25, 0.3) is 0 Å². The molecule has 0 aliphatic carbocycles. The van der Waals surface area contributed by atoms with Gasteiger partial charge in [-0.1, -0.05) is 42.5 Å². The van der Waals surface area contributed by atoms with Crippen molar-refractivity contribution in [3.63, 3.8) is 0 Å². The van der Waals surface area contributed by atoms with E-state index >= 15 is 0 Å². The maximum Gasteiger partial charge on any atom is 0.143 e. The van der Waals surface area contributed by atoms with Crippen LogP contribution in [0.4, 0.5) is 0 Å². The highest BCUT2D eigenvalue weighted by atomic mass is 16.3. The molecule has 0 aliphatic rings. The SMILES string of the molecule is C=CC.c1ccc(-c2ccc3[nH]c4cc5c(ccc6c7ccccc7oc56)cc4c3c2)nc1. The molecule has 0 radical (unpaired) electrons. The third-order valence-electron chi connectivity index (χ3n) is 6.04. The van der Waals surface area contributed by atoms with Gasteiger partial charge in [-0.15, -0.1) is 6.58 Å². The smallest absolute Gasteiger partial charge is 0.143 e. The Hall–Kier alpha value is -4.37. The lowest BCUT2D eigenvalue weighted by molar-refractivity contribution is 0.672. The Morgan fingerprint density at radius 3 is 2.42 bits per heavy atom. The summed E-state index contributed by atoms with van der Waals surface area (Å²) in [6.45, 7) is 5.25.